The van der Waals surface area contributed by atoms with E-state index in [-0.39, 0.29) is 18.2 Å². The standard InChI is InChI=1S/C17H23N5O3/c1-3-13-9-14(25-20-13)16(23)21(2)11-17(24)5-4-8-22(12-17)15-10-18-6-7-19-15/h6-7,9-10,24H,3-5,8,11-12H2,1-2H3/t17-/m0/s1. The van der Waals surface area contributed by atoms with E-state index in [1.807, 2.05) is 11.8 Å². The highest BCUT2D eigenvalue weighted by atomic mass is 16.5. The normalized spacial score (nSPS) is 20.5. The van der Waals surface area contributed by atoms with Gasteiger partial charge in [-0.15, -0.1) is 0 Å². The summed E-state index contributed by atoms with van der Waals surface area (Å²) in [7, 11) is 1.66. The predicted molar refractivity (Wildman–Crippen MR) is 91.3 cm³/mol. The molecule has 134 valence electrons. The maximum Gasteiger partial charge on any atom is 0.292 e. The van der Waals surface area contributed by atoms with Crippen molar-refractivity contribution in [3.63, 3.8) is 0 Å². The molecule has 2 aromatic rings. The molecule has 1 amide bonds. The maximum absolute atomic E-state index is 12.5. The van der Waals surface area contributed by atoms with Gasteiger partial charge in [-0.05, 0) is 19.3 Å². The molecule has 0 saturated carbocycles. The van der Waals surface area contributed by atoms with Crippen molar-refractivity contribution in [1.29, 1.82) is 0 Å². The quantitative estimate of drug-likeness (QED) is 0.868. The molecule has 0 bridgehead atoms. The van der Waals surface area contributed by atoms with Crippen LogP contribution in [0.3, 0.4) is 0 Å². The third-order valence-electron chi connectivity index (χ3n) is 4.44. The number of rotatable bonds is 5. The Morgan fingerprint density at radius 2 is 2.32 bits per heavy atom. The lowest BCUT2D eigenvalue weighted by Crippen LogP contribution is -2.54. The smallest absolute Gasteiger partial charge is 0.292 e. The number of aromatic nitrogens is 3. The van der Waals surface area contributed by atoms with E-state index in [1.165, 1.54) is 4.90 Å². The average Bonchev–Trinajstić information content (AvgIpc) is 3.10. The number of nitrogens with zero attached hydrogens (tertiary/aromatic N) is 5. The van der Waals surface area contributed by atoms with Gasteiger partial charge in [0.2, 0.25) is 5.76 Å². The first kappa shape index (κ1) is 17.3. The number of amides is 1. The van der Waals surface area contributed by atoms with Gasteiger partial charge in [-0.25, -0.2) is 4.98 Å². The van der Waals surface area contributed by atoms with Crippen LogP contribution >= 0.6 is 0 Å². The van der Waals surface area contributed by atoms with Crippen LogP contribution < -0.4 is 4.90 Å². The monoisotopic (exact) mass is 345 g/mol. The molecule has 1 N–H and O–H groups in total. The van der Waals surface area contributed by atoms with Crippen LogP contribution in [-0.4, -0.2) is 63.3 Å². The minimum absolute atomic E-state index is 0.199. The Kier molecular flexibility index (Phi) is 4.98. The second-order valence-corrected chi connectivity index (χ2v) is 6.51. The number of piperidine rings is 1. The van der Waals surface area contributed by atoms with Gasteiger partial charge in [0.15, 0.2) is 0 Å². The number of anilines is 1. The van der Waals surface area contributed by atoms with Crippen molar-refractivity contribution in [1.82, 2.24) is 20.0 Å². The molecule has 0 unspecified atom stereocenters. The molecule has 25 heavy (non-hydrogen) atoms. The lowest BCUT2D eigenvalue weighted by molar-refractivity contribution is -0.00107. The van der Waals surface area contributed by atoms with Crippen LogP contribution in [0.2, 0.25) is 0 Å². The summed E-state index contributed by atoms with van der Waals surface area (Å²) in [4.78, 5) is 24.3. The highest BCUT2D eigenvalue weighted by Gasteiger charge is 2.36. The third-order valence-corrected chi connectivity index (χ3v) is 4.44. The number of aliphatic hydroxyl groups is 1. The summed E-state index contributed by atoms with van der Waals surface area (Å²) in [5.74, 6) is 0.652. The molecule has 1 fully saturated rings. The zero-order valence-electron chi connectivity index (χ0n) is 14.6. The molecule has 0 spiro atoms. The molecule has 1 aliphatic heterocycles. The maximum atomic E-state index is 12.5. The number of aryl methyl sites for hydroxylation is 1. The number of hydrogen-bond acceptors (Lipinski definition) is 7. The van der Waals surface area contributed by atoms with E-state index < -0.39 is 5.60 Å². The Balaban J connectivity index is 1.66. The highest BCUT2D eigenvalue weighted by Crippen LogP contribution is 2.25. The van der Waals surface area contributed by atoms with Gasteiger partial charge in [0.1, 0.15) is 5.82 Å². The summed E-state index contributed by atoms with van der Waals surface area (Å²) in [6.45, 7) is 3.37. The van der Waals surface area contributed by atoms with Crippen LogP contribution in [0.5, 0.6) is 0 Å². The molecule has 0 aliphatic carbocycles. The van der Waals surface area contributed by atoms with Crippen molar-refractivity contribution in [3.05, 3.63) is 36.1 Å². The molecule has 3 heterocycles. The summed E-state index contributed by atoms with van der Waals surface area (Å²) in [6.07, 6.45) is 7.08. The van der Waals surface area contributed by atoms with Crippen LogP contribution in [-0.2, 0) is 6.42 Å². The minimum Gasteiger partial charge on any atom is -0.386 e. The Labute approximate surface area is 146 Å². The van der Waals surface area contributed by atoms with Crippen LogP contribution in [0.15, 0.2) is 29.2 Å². The Bertz CT molecular complexity index is 720. The van der Waals surface area contributed by atoms with E-state index in [9.17, 15) is 9.90 Å². The number of carbonyl (C=O) groups is 1. The fraction of sp³-hybridized carbons (Fsp3) is 0.529. The SMILES string of the molecule is CCc1cc(C(=O)N(C)C[C@@]2(O)CCCN(c3cnccn3)C2)on1. The Morgan fingerprint density at radius 1 is 1.48 bits per heavy atom. The van der Waals surface area contributed by atoms with Crippen molar-refractivity contribution in [2.75, 3.05) is 31.6 Å². The Hall–Kier alpha value is -2.48. The summed E-state index contributed by atoms with van der Waals surface area (Å²) in [6, 6.07) is 1.65. The van der Waals surface area contributed by atoms with Crippen LogP contribution in [0.4, 0.5) is 5.82 Å². The van der Waals surface area contributed by atoms with Crippen molar-refractivity contribution >= 4 is 11.7 Å². The molecule has 2 aromatic heterocycles. The van der Waals surface area contributed by atoms with E-state index in [2.05, 4.69) is 15.1 Å². The molecule has 0 aromatic carbocycles. The second-order valence-electron chi connectivity index (χ2n) is 6.51. The van der Waals surface area contributed by atoms with E-state index >= 15 is 0 Å². The largest absolute Gasteiger partial charge is 0.386 e. The van der Waals surface area contributed by atoms with Crippen LogP contribution in [0, 0.1) is 0 Å². The Morgan fingerprint density at radius 3 is 3.00 bits per heavy atom. The first-order valence-corrected chi connectivity index (χ1v) is 8.45. The summed E-state index contributed by atoms with van der Waals surface area (Å²) < 4.78 is 5.10. The van der Waals surface area contributed by atoms with Crippen LogP contribution in [0.1, 0.15) is 36.0 Å². The van der Waals surface area contributed by atoms with Gasteiger partial charge in [0.25, 0.3) is 5.91 Å². The van der Waals surface area contributed by atoms with Crippen molar-refractivity contribution in [2.45, 2.75) is 31.8 Å². The molecular weight excluding hydrogens is 322 g/mol. The van der Waals surface area contributed by atoms with Gasteiger partial charge < -0.3 is 19.4 Å². The second kappa shape index (κ2) is 7.18. The van der Waals surface area contributed by atoms with Gasteiger partial charge >= 0.3 is 0 Å². The van der Waals surface area contributed by atoms with Crippen molar-refractivity contribution in [2.24, 2.45) is 0 Å². The van der Waals surface area contributed by atoms with Crippen molar-refractivity contribution in [3.8, 4) is 0 Å². The molecule has 1 atom stereocenters. The molecule has 0 radical (unpaired) electrons. The molecule has 1 aliphatic rings. The lowest BCUT2D eigenvalue weighted by Gasteiger charge is -2.41. The average molecular weight is 345 g/mol. The summed E-state index contributed by atoms with van der Waals surface area (Å²) >= 11 is 0. The van der Waals surface area contributed by atoms with E-state index in [0.29, 0.717) is 19.4 Å². The minimum atomic E-state index is -1.01. The fourth-order valence-corrected chi connectivity index (χ4v) is 3.17. The molecular formula is C17H23N5O3. The van der Waals surface area contributed by atoms with Crippen molar-refractivity contribution < 1.29 is 14.4 Å². The van der Waals surface area contributed by atoms with Gasteiger partial charge in [-0.1, -0.05) is 12.1 Å². The topological polar surface area (TPSA) is 95.6 Å². The lowest BCUT2D eigenvalue weighted by atomic mass is 9.92. The van der Waals surface area contributed by atoms with Gasteiger partial charge in [0, 0.05) is 38.6 Å². The molecule has 1 saturated heterocycles. The van der Waals surface area contributed by atoms with Gasteiger partial charge in [-0.3, -0.25) is 9.78 Å². The number of likely N-dealkylation sites (N-methyl/N-ethyl adjacent to an activating group) is 1. The first-order valence-electron chi connectivity index (χ1n) is 8.45. The number of carbonyl (C=O) groups excluding carboxylic acids is 1. The zero-order valence-corrected chi connectivity index (χ0v) is 14.6. The first-order chi connectivity index (χ1) is 12.0. The van der Waals surface area contributed by atoms with E-state index in [4.69, 9.17) is 4.52 Å². The van der Waals surface area contributed by atoms with Gasteiger partial charge in [0.05, 0.1) is 24.0 Å². The number of β-amino-alcohol motifs (C(OH)–C–C–N with tert-alkyl or cyclic N) is 1. The zero-order chi connectivity index (χ0) is 17.9. The summed E-state index contributed by atoms with van der Waals surface area (Å²) in [5.41, 5.74) is -0.268. The molecule has 3 rings (SSSR count). The number of hydrogen-bond donors (Lipinski definition) is 1. The third kappa shape index (κ3) is 3.96. The molecule has 8 heteroatoms. The van der Waals surface area contributed by atoms with E-state index in [1.54, 1.807) is 31.7 Å². The molecule has 8 nitrogen and oxygen atoms in total. The highest BCUT2D eigenvalue weighted by molar-refractivity contribution is 5.91. The predicted octanol–water partition coefficient (Wildman–Crippen LogP) is 1.13. The summed E-state index contributed by atoms with van der Waals surface area (Å²) in [5, 5.41) is 14.8. The van der Waals surface area contributed by atoms with Gasteiger partial charge in [-0.2, -0.15) is 0 Å². The fourth-order valence-electron chi connectivity index (χ4n) is 3.17. The van der Waals surface area contributed by atoms with Crippen LogP contribution in [0.25, 0.3) is 0 Å². The van der Waals surface area contributed by atoms with E-state index in [0.717, 1.165) is 24.5 Å².